The minimum absolute atomic E-state index is 0.130. The van der Waals surface area contributed by atoms with Gasteiger partial charge in [-0.2, -0.15) is 0 Å². The number of nitrogens with one attached hydrogen (secondary N) is 1. The molecular formula is C16H22N2S. The van der Waals surface area contributed by atoms with Crippen LogP contribution in [-0.2, 0) is 13.0 Å². The van der Waals surface area contributed by atoms with Crippen molar-refractivity contribution in [1.82, 2.24) is 10.3 Å². The van der Waals surface area contributed by atoms with E-state index >= 15 is 0 Å². The molecule has 19 heavy (non-hydrogen) atoms. The minimum Gasteiger partial charge on any atom is -0.306 e. The predicted molar refractivity (Wildman–Crippen MR) is 83.5 cm³/mol. The maximum atomic E-state index is 4.76. The molecule has 0 aliphatic rings. The summed E-state index contributed by atoms with van der Waals surface area (Å²) >= 11 is 1.80. The van der Waals surface area contributed by atoms with Crippen molar-refractivity contribution in [2.75, 3.05) is 0 Å². The number of hydrogen-bond donors (Lipinski definition) is 1. The summed E-state index contributed by atoms with van der Waals surface area (Å²) in [5.74, 6) is 0. The molecule has 1 heterocycles. The molecule has 0 amide bonds. The van der Waals surface area contributed by atoms with Crippen molar-refractivity contribution in [2.45, 2.75) is 46.2 Å². The first-order valence-electron chi connectivity index (χ1n) is 6.78. The summed E-state index contributed by atoms with van der Waals surface area (Å²) in [7, 11) is 0. The van der Waals surface area contributed by atoms with Gasteiger partial charge >= 0.3 is 0 Å². The highest BCUT2D eigenvalue weighted by atomic mass is 32.1. The van der Waals surface area contributed by atoms with E-state index in [4.69, 9.17) is 4.98 Å². The molecule has 2 nitrogen and oxygen atoms in total. The predicted octanol–water partition coefficient (Wildman–Crippen LogP) is 4.26. The molecule has 0 aliphatic carbocycles. The van der Waals surface area contributed by atoms with E-state index in [0.29, 0.717) is 0 Å². The number of aryl methyl sites for hydroxylation is 1. The SMILES string of the molecule is CCc1nc(CNC(C)(C)C)sc1-c1ccccc1. The van der Waals surface area contributed by atoms with E-state index in [1.54, 1.807) is 11.3 Å². The molecular weight excluding hydrogens is 252 g/mol. The summed E-state index contributed by atoms with van der Waals surface area (Å²) in [4.78, 5) is 6.08. The molecule has 2 aromatic rings. The van der Waals surface area contributed by atoms with Crippen molar-refractivity contribution >= 4 is 11.3 Å². The average molecular weight is 274 g/mol. The minimum atomic E-state index is 0.130. The number of rotatable bonds is 4. The monoisotopic (exact) mass is 274 g/mol. The summed E-state index contributed by atoms with van der Waals surface area (Å²) in [5, 5.41) is 4.67. The van der Waals surface area contributed by atoms with Crippen LogP contribution >= 0.6 is 11.3 Å². The molecule has 102 valence electrons. The summed E-state index contributed by atoms with van der Waals surface area (Å²) in [6, 6.07) is 10.5. The molecule has 0 aliphatic heterocycles. The Morgan fingerprint density at radius 3 is 2.42 bits per heavy atom. The van der Waals surface area contributed by atoms with Crippen LogP contribution in [0.2, 0.25) is 0 Å². The van der Waals surface area contributed by atoms with E-state index in [-0.39, 0.29) is 5.54 Å². The summed E-state index contributed by atoms with van der Waals surface area (Å²) in [6.45, 7) is 9.55. The second kappa shape index (κ2) is 5.85. The van der Waals surface area contributed by atoms with Crippen LogP contribution in [0.25, 0.3) is 10.4 Å². The van der Waals surface area contributed by atoms with Crippen molar-refractivity contribution in [3.63, 3.8) is 0 Å². The Balaban J connectivity index is 2.23. The third-order valence-corrected chi connectivity index (χ3v) is 4.03. The van der Waals surface area contributed by atoms with Crippen LogP contribution in [0.3, 0.4) is 0 Å². The Kier molecular flexibility index (Phi) is 4.38. The Morgan fingerprint density at radius 2 is 1.84 bits per heavy atom. The van der Waals surface area contributed by atoms with E-state index in [1.165, 1.54) is 21.1 Å². The van der Waals surface area contributed by atoms with Crippen molar-refractivity contribution in [3.05, 3.63) is 41.0 Å². The standard InChI is InChI=1S/C16H22N2S/c1-5-13-15(12-9-7-6-8-10-12)19-14(18-13)11-17-16(2,3)4/h6-10,17H,5,11H2,1-4H3. The van der Waals surface area contributed by atoms with Crippen molar-refractivity contribution < 1.29 is 0 Å². The van der Waals surface area contributed by atoms with Gasteiger partial charge < -0.3 is 5.32 Å². The van der Waals surface area contributed by atoms with Crippen LogP contribution < -0.4 is 5.32 Å². The van der Waals surface area contributed by atoms with Gasteiger partial charge in [0.05, 0.1) is 10.6 Å². The van der Waals surface area contributed by atoms with Crippen molar-refractivity contribution in [3.8, 4) is 10.4 Å². The molecule has 3 heteroatoms. The van der Waals surface area contributed by atoms with E-state index in [1.807, 2.05) is 0 Å². The average Bonchev–Trinajstić information content (AvgIpc) is 2.80. The van der Waals surface area contributed by atoms with Gasteiger partial charge in [-0.05, 0) is 32.8 Å². The second-order valence-electron chi connectivity index (χ2n) is 5.71. The quantitative estimate of drug-likeness (QED) is 0.901. The lowest BCUT2D eigenvalue weighted by molar-refractivity contribution is 0.423. The van der Waals surface area contributed by atoms with Crippen LogP contribution in [0.4, 0.5) is 0 Å². The third kappa shape index (κ3) is 3.88. The van der Waals surface area contributed by atoms with E-state index < -0.39 is 0 Å². The van der Waals surface area contributed by atoms with Crippen molar-refractivity contribution in [2.24, 2.45) is 0 Å². The number of thiazole rings is 1. The number of nitrogens with zero attached hydrogens (tertiary/aromatic N) is 1. The molecule has 0 saturated carbocycles. The smallest absolute Gasteiger partial charge is 0.107 e. The Bertz CT molecular complexity index is 523. The van der Waals surface area contributed by atoms with E-state index in [2.05, 4.69) is 63.3 Å². The molecule has 0 fully saturated rings. The third-order valence-electron chi connectivity index (χ3n) is 2.88. The molecule has 0 radical (unpaired) electrons. The molecule has 0 saturated heterocycles. The lowest BCUT2D eigenvalue weighted by Gasteiger charge is -2.19. The lowest BCUT2D eigenvalue weighted by atomic mass is 10.1. The number of hydrogen-bond acceptors (Lipinski definition) is 3. The van der Waals surface area contributed by atoms with Gasteiger partial charge in [-0.1, -0.05) is 37.3 Å². The number of aromatic nitrogens is 1. The fourth-order valence-electron chi connectivity index (χ4n) is 1.87. The zero-order valence-corrected chi connectivity index (χ0v) is 13.0. The first-order valence-corrected chi connectivity index (χ1v) is 7.60. The van der Waals surface area contributed by atoms with Gasteiger partial charge in [0.25, 0.3) is 0 Å². The second-order valence-corrected chi connectivity index (χ2v) is 6.79. The molecule has 2 rings (SSSR count). The van der Waals surface area contributed by atoms with Gasteiger partial charge in [-0.3, -0.25) is 0 Å². The fourth-order valence-corrected chi connectivity index (χ4v) is 2.97. The molecule has 1 aromatic heterocycles. The molecule has 0 bridgehead atoms. The van der Waals surface area contributed by atoms with Gasteiger partial charge in [0.2, 0.25) is 0 Å². The van der Waals surface area contributed by atoms with Crippen molar-refractivity contribution in [1.29, 1.82) is 0 Å². The first kappa shape index (κ1) is 14.2. The normalized spacial score (nSPS) is 11.8. The highest BCUT2D eigenvalue weighted by molar-refractivity contribution is 7.15. The largest absolute Gasteiger partial charge is 0.306 e. The summed E-state index contributed by atoms with van der Waals surface area (Å²) < 4.78 is 0. The van der Waals surface area contributed by atoms with Gasteiger partial charge in [-0.25, -0.2) is 4.98 Å². The molecule has 0 unspecified atom stereocenters. The van der Waals surface area contributed by atoms with Crippen LogP contribution in [0, 0.1) is 0 Å². The molecule has 0 spiro atoms. The van der Waals surface area contributed by atoms with Crippen LogP contribution in [0.5, 0.6) is 0 Å². The first-order chi connectivity index (χ1) is 8.99. The molecule has 1 N–H and O–H groups in total. The van der Waals surface area contributed by atoms with Gasteiger partial charge in [0, 0.05) is 12.1 Å². The Hall–Kier alpha value is -1.19. The van der Waals surface area contributed by atoms with Gasteiger partial charge in [0.15, 0.2) is 0 Å². The molecule has 0 atom stereocenters. The zero-order chi connectivity index (χ0) is 13.9. The highest BCUT2D eigenvalue weighted by Crippen LogP contribution is 2.30. The van der Waals surface area contributed by atoms with Crippen LogP contribution in [0.15, 0.2) is 30.3 Å². The van der Waals surface area contributed by atoms with Crippen LogP contribution in [0.1, 0.15) is 38.4 Å². The Labute approximate surface area is 119 Å². The van der Waals surface area contributed by atoms with Gasteiger partial charge in [-0.15, -0.1) is 11.3 Å². The van der Waals surface area contributed by atoms with E-state index in [9.17, 15) is 0 Å². The van der Waals surface area contributed by atoms with E-state index in [0.717, 1.165) is 13.0 Å². The zero-order valence-electron chi connectivity index (χ0n) is 12.2. The maximum absolute atomic E-state index is 4.76. The highest BCUT2D eigenvalue weighted by Gasteiger charge is 2.14. The Morgan fingerprint density at radius 1 is 1.16 bits per heavy atom. The maximum Gasteiger partial charge on any atom is 0.107 e. The summed E-state index contributed by atoms with van der Waals surface area (Å²) in [6.07, 6.45) is 0.982. The number of benzene rings is 1. The lowest BCUT2D eigenvalue weighted by Crippen LogP contribution is -2.35. The summed E-state index contributed by atoms with van der Waals surface area (Å²) in [5.41, 5.74) is 2.62. The molecule has 1 aromatic carbocycles. The topological polar surface area (TPSA) is 24.9 Å². The van der Waals surface area contributed by atoms with Crippen LogP contribution in [-0.4, -0.2) is 10.5 Å². The van der Waals surface area contributed by atoms with Gasteiger partial charge in [0.1, 0.15) is 5.01 Å². The fraction of sp³-hybridized carbons (Fsp3) is 0.438.